The highest BCUT2D eigenvalue weighted by Gasteiger charge is 2.31. The summed E-state index contributed by atoms with van der Waals surface area (Å²) in [6, 6.07) is 10.6. The lowest BCUT2D eigenvalue weighted by atomic mass is 9.94. The predicted octanol–water partition coefficient (Wildman–Crippen LogP) is 4.10. The third kappa shape index (κ3) is 4.31. The molecule has 1 aliphatic heterocycles. The Morgan fingerprint density at radius 1 is 1.17 bits per heavy atom. The van der Waals surface area contributed by atoms with Crippen LogP contribution < -0.4 is 25.4 Å². The van der Waals surface area contributed by atoms with E-state index in [0.717, 1.165) is 16.8 Å². The van der Waals surface area contributed by atoms with Gasteiger partial charge < -0.3 is 25.4 Å². The first kappa shape index (κ1) is 21.0. The summed E-state index contributed by atoms with van der Waals surface area (Å²) in [4.78, 5) is 13.2. The van der Waals surface area contributed by atoms with Gasteiger partial charge in [-0.1, -0.05) is 29.8 Å². The summed E-state index contributed by atoms with van der Waals surface area (Å²) in [5, 5.41) is 9.97. The summed E-state index contributed by atoms with van der Waals surface area (Å²) < 4.78 is 10.7. The standard InChI is InChI=1S/C21H22ClN3O3S/c1-11-7-5-6-8-15(11)24-20(26)17-12(2)23-21(29)25-18(17)13-9-14(22)19(28-4)16(10-13)27-3/h5-10,18H,1-4H3,(H,24,26)(H2,23,25,29). The maximum atomic E-state index is 13.2. The minimum Gasteiger partial charge on any atom is -0.493 e. The molecule has 0 radical (unpaired) electrons. The molecule has 1 amide bonds. The van der Waals surface area contributed by atoms with Crippen molar-refractivity contribution in [1.82, 2.24) is 10.6 Å². The molecule has 3 rings (SSSR count). The first-order chi connectivity index (χ1) is 13.8. The maximum absolute atomic E-state index is 13.2. The van der Waals surface area contributed by atoms with Gasteiger partial charge in [-0.3, -0.25) is 4.79 Å². The van der Waals surface area contributed by atoms with Crippen LogP contribution >= 0.6 is 23.8 Å². The molecular formula is C21H22ClN3O3S. The second-order valence-corrected chi connectivity index (χ2v) is 7.39. The Morgan fingerprint density at radius 3 is 2.55 bits per heavy atom. The molecule has 0 saturated heterocycles. The number of hydrogen-bond donors (Lipinski definition) is 3. The quantitative estimate of drug-likeness (QED) is 0.619. The number of benzene rings is 2. The summed E-state index contributed by atoms with van der Waals surface area (Å²) in [6.45, 7) is 3.75. The highest BCUT2D eigenvalue weighted by atomic mass is 35.5. The molecule has 6 nitrogen and oxygen atoms in total. The monoisotopic (exact) mass is 431 g/mol. The Morgan fingerprint density at radius 2 is 1.90 bits per heavy atom. The van der Waals surface area contributed by atoms with Gasteiger partial charge in [0.05, 0.1) is 30.9 Å². The van der Waals surface area contributed by atoms with Gasteiger partial charge in [-0.25, -0.2) is 0 Å². The number of rotatable bonds is 5. The van der Waals surface area contributed by atoms with E-state index in [-0.39, 0.29) is 5.91 Å². The van der Waals surface area contributed by atoms with Crippen LogP contribution in [0.15, 0.2) is 47.7 Å². The number of para-hydroxylation sites is 1. The number of allylic oxidation sites excluding steroid dienone is 1. The van der Waals surface area contributed by atoms with Gasteiger partial charge in [0, 0.05) is 11.4 Å². The number of carbonyl (C=O) groups excluding carboxylic acids is 1. The lowest BCUT2D eigenvalue weighted by Gasteiger charge is -2.31. The maximum Gasteiger partial charge on any atom is 0.255 e. The fourth-order valence-corrected chi connectivity index (χ4v) is 3.82. The van der Waals surface area contributed by atoms with Crippen LogP contribution in [0.4, 0.5) is 5.69 Å². The van der Waals surface area contributed by atoms with Gasteiger partial charge in [-0.15, -0.1) is 0 Å². The predicted molar refractivity (Wildman–Crippen MR) is 119 cm³/mol. The number of halogens is 1. The average molecular weight is 432 g/mol. The van der Waals surface area contributed by atoms with E-state index >= 15 is 0 Å². The number of thiocarbonyl (C=S) groups is 1. The number of nitrogens with one attached hydrogen (secondary N) is 3. The molecule has 0 fully saturated rings. The van der Waals surface area contributed by atoms with Crippen LogP contribution in [0.2, 0.25) is 5.02 Å². The van der Waals surface area contributed by atoms with Crippen molar-refractivity contribution >= 4 is 40.5 Å². The summed E-state index contributed by atoms with van der Waals surface area (Å²) >= 11 is 11.7. The van der Waals surface area contributed by atoms with Gasteiger partial charge in [-0.2, -0.15) is 0 Å². The second kappa shape index (κ2) is 8.71. The molecular weight excluding hydrogens is 410 g/mol. The van der Waals surface area contributed by atoms with E-state index in [1.165, 1.54) is 14.2 Å². The van der Waals surface area contributed by atoms with Gasteiger partial charge in [-0.05, 0) is 55.4 Å². The van der Waals surface area contributed by atoms with E-state index in [1.54, 1.807) is 12.1 Å². The largest absolute Gasteiger partial charge is 0.493 e. The molecule has 0 aromatic heterocycles. The molecule has 1 atom stereocenters. The number of aryl methyl sites for hydroxylation is 1. The molecule has 152 valence electrons. The number of amides is 1. The van der Waals surface area contributed by atoms with Gasteiger partial charge in [0.25, 0.3) is 5.91 Å². The summed E-state index contributed by atoms with van der Waals surface area (Å²) in [5.41, 5.74) is 3.61. The molecule has 0 saturated carbocycles. The number of ether oxygens (including phenoxy) is 2. The smallest absolute Gasteiger partial charge is 0.255 e. The van der Waals surface area contributed by atoms with Crippen LogP contribution in [0.1, 0.15) is 24.1 Å². The molecule has 29 heavy (non-hydrogen) atoms. The van der Waals surface area contributed by atoms with Crippen LogP contribution in [0.25, 0.3) is 0 Å². The molecule has 0 bridgehead atoms. The topological polar surface area (TPSA) is 71.6 Å². The molecule has 1 aliphatic rings. The number of methoxy groups -OCH3 is 2. The van der Waals surface area contributed by atoms with Crippen molar-refractivity contribution in [2.24, 2.45) is 0 Å². The highest BCUT2D eigenvalue weighted by molar-refractivity contribution is 7.80. The summed E-state index contributed by atoms with van der Waals surface area (Å²) in [6.07, 6.45) is 0. The van der Waals surface area contributed by atoms with E-state index in [2.05, 4.69) is 16.0 Å². The first-order valence-electron chi connectivity index (χ1n) is 8.92. The molecule has 3 N–H and O–H groups in total. The molecule has 2 aromatic carbocycles. The third-order valence-corrected chi connectivity index (χ3v) is 5.20. The average Bonchev–Trinajstić information content (AvgIpc) is 2.68. The molecule has 8 heteroatoms. The Hall–Kier alpha value is -2.77. The fourth-order valence-electron chi connectivity index (χ4n) is 3.25. The second-order valence-electron chi connectivity index (χ2n) is 6.58. The summed E-state index contributed by atoms with van der Waals surface area (Å²) in [5.74, 6) is 0.661. The Bertz CT molecular complexity index is 1010. The van der Waals surface area contributed by atoms with Crippen LogP contribution in [-0.2, 0) is 4.79 Å². The molecule has 2 aromatic rings. The van der Waals surface area contributed by atoms with Crippen molar-refractivity contribution in [3.05, 3.63) is 63.8 Å². The van der Waals surface area contributed by atoms with Crippen LogP contribution in [0.5, 0.6) is 11.5 Å². The Balaban J connectivity index is 2.04. The molecule has 0 spiro atoms. The zero-order chi connectivity index (χ0) is 21.1. The van der Waals surface area contributed by atoms with Crippen LogP contribution in [-0.4, -0.2) is 25.2 Å². The van der Waals surface area contributed by atoms with E-state index < -0.39 is 6.04 Å². The van der Waals surface area contributed by atoms with Crippen molar-refractivity contribution in [2.45, 2.75) is 19.9 Å². The van der Waals surface area contributed by atoms with Gasteiger partial charge in [0.1, 0.15) is 0 Å². The van der Waals surface area contributed by atoms with Crippen molar-refractivity contribution in [3.8, 4) is 11.5 Å². The van der Waals surface area contributed by atoms with E-state index in [9.17, 15) is 4.79 Å². The van der Waals surface area contributed by atoms with Gasteiger partial charge in [0.15, 0.2) is 16.6 Å². The lowest BCUT2D eigenvalue weighted by molar-refractivity contribution is -0.113. The number of carbonyl (C=O) groups is 1. The first-order valence-corrected chi connectivity index (χ1v) is 9.71. The fraction of sp³-hybridized carbons (Fsp3) is 0.238. The number of hydrogen-bond acceptors (Lipinski definition) is 4. The summed E-state index contributed by atoms with van der Waals surface area (Å²) in [7, 11) is 3.05. The van der Waals surface area contributed by atoms with E-state index in [1.807, 2.05) is 38.1 Å². The SMILES string of the molecule is COc1cc(C2NC(=S)NC(C)=C2C(=O)Nc2ccccc2C)cc(Cl)c1OC. The zero-order valence-electron chi connectivity index (χ0n) is 16.6. The van der Waals surface area contributed by atoms with Crippen molar-refractivity contribution < 1.29 is 14.3 Å². The van der Waals surface area contributed by atoms with Crippen molar-refractivity contribution in [2.75, 3.05) is 19.5 Å². The highest BCUT2D eigenvalue weighted by Crippen LogP contribution is 2.40. The number of anilines is 1. The van der Waals surface area contributed by atoms with Crippen molar-refractivity contribution in [3.63, 3.8) is 0 Å². The normalized spacial score (nSPS) is 16.0. The van der Waals surface area contributed by atoms with Gasteiger partial charge in [0.2, 0.25) is 0 Å². The van der Waals surface area contributed by atoms with E-state index in [4.69, 9.17) is 33.3 Å². The Kier molecular flexibility index (Phi) is 6.30. The lowest BCUT2D eigenvalue weighted by Crippen LogP contribution is -2.45. The molecule has 0 aliphatic carbocycles. The third-order valence-electron chi connectivity index (χ3n) is 4.70. The minimum atomic E-state index is -0.509. The van der Waals surface area contributed by atoms with Crippen LogP contribution in [0, 0.1) is 6.92 Å². The van der Waals surface area contributed by atoms with E-state index in [0.29, 0.717) is 32.9 Å². The zero-order valence-corrected chi connectivity index (χ0v) is 18.1. The molecule has 1 unspecified atom stereocenters. The Labute approximate surface area is 180 Å². The van der Waals surface area contributed by atoms with Crippen molar-refractivity contribution in [1.29, 1.82) is 0 Å². The minimum absolute atomic E-state index is 0.241. The molecule has 1 heterocycles. The van der Waals surface area contributed by atoms with Crippen LogP contribution in [0.3, 0.4) is 0 Å². The van der Waals surface area contributed by atoms with Gasteiger partial charge >= 0.3 is 0 Å².